The number of amides is 2. The van der Waals surface area contributed by atoms with Crippen LogP contribution in [0.2, 0.25) is 0 Å². The van der Waals surface area contributed by atoms with Crippen LogP contribution in [-0.4, -0.2) is 45.2 Å². The Labute approximate surface area is 152 Å². The Kier molecular flexibility index (Phi) is 4.78. The summed E-state index contributed by atoms with van der Waals surface area (Å²) in [5, 5.41) is 3.30. The number of ether oxygens (including phenoxy) is 1. The number of carbonyl (C=O) groups excluding carboxylic acids is 1. The lowest BCUT2D eigenvalue weighted by Crippen LogP contribution is -2.46. The van der Waals surface area contributed by atoms with Crippen LogP contribution in [0.25, 0.3) is 0 Å². The number of sulfone groups is 1. The van der Waals surface area contributed by atoms with Crippen LogP contribution in [0.1, 0.15) is 11.7 Å². The smallest absolute Gasteiger partial charge is 0.314 e. The number of rotatable bonds is 4. The molecule has 138 valence electrons. The molecule has 2 amide bonds. The number of primary amides is 1. The maximum Gasteiger partial charge on any atom is 0.314 e. The molecule has 2 aromatic rings. The summed E-state index contributed by atoms with van der Waals surface area (Å²) in [4.78, 5) is 13.0. The number of likely N-dealkylation sites (N-methyl/N-ethyl adjacent to an activating group) is 1. The van der Waals surface area contributed by atoms with Gasteiger partial charge in [-0.2, -0.15) is 0 Å². The summed E-state index contributed by atoms with van der Waals surface area (Å²) >= 11 is 0. The van der Waals surface area contributed by atoms with Gasteiger partial charge in [0, 0.05) is 19.8 Å². The number of fused-ring (bicyclic) bond motifs is 1. The molecule has 0 spiro atoms. The van der Waals surface area contributed by atoms with Crippen LogP contribution in [0.5, 0.6) is 5.75 Å². The first kappa shape index (κ1) is 18.1. The molecule has 0 saturated heterocycles. The van der Waals surface area contributed by atoms with Crippen molar-refractivity contribution in [1.82, 2.24) is 4.90 Å². The van der Waals surface area contributed by atoms with Crippen LogP contribution in [0.15, 0.2) is 53.4 Å². The summed E-state index contributed by atoms with van der Waals surface area (Å²) in [5.41, 5.74) is 6.87. The molecule has 1 heterocycles. The molecular formula is C18H21N3O4S. The number of anilines is 1. The van der Waals surface area contributed by atoms with Crippen LogP contribution in [-0.2, 0) is 9.84 Å². The molecule has 1 aliphatic heterocycles. The number of nitrogens with one attached hydrogen (secondary N) is 1. The summed E-state index contributed by atoms with van der Waals surface area (Å²) in [6.45, 7) is 0.303. The van der Waals surface area contributed by atoms with Gasteiger partial charge in [0.25, 0.3) is 0 Å². The molecule has 0 aliphatic carbocycles. The standard InChI is InChI=1S/C18H21N3O4S/c1-21(18(19)22)11-15-17(12-6-4-3-5-7-12)25-16-9-8-13(26(2,23)24)10-14(16)20-15/h3-10,15,17,20H,11H2,1-2H3,(H2,19,22). The van der Waals surface area contributed by atoms with Crippen molar-refractivity contribution in [3.05, 3.63) is 54.1 Å². The largest absolute Gasteiger partial charge is 0.481 e. The van der Waals surface area contributed by atoms with Gasteiger partial charge in [0.2, 0.25) is 0 Å². The van der Waals surface area contributed by atoms with Crippen LogP contribution in [0.4, 0.5) is 10.5 Å². The highest BCUT2D eigenvalue weighted by Gasteiger charge is 2.32. The van der Waals surface area contributed by atoms with E-state index in [0.29, 0.717) is 18.0 Å². The van der Waals surface area contributed by atoms with E-state index in [4.69, 9.17) is 10.5 Å². The van der Waals surface area contributed by atoms with Crippen molar-refractivity contribution in [1.29, 1.82) is 0 Å². The minimum atomic E-state index is -3.34. The zero-order valence-electron chi connectivity index (χ0n) is 14.5. The van der Waals surface area contributed by atoms with E-state index >= 15 is 0 Å². The summed E-state index contributed by atoms with van der Waals surface area (Å²) in [5.74, 6) is 0.559. The first-order valence-corrected chi connectivity index (χ1v) is 9.97. The molecule has 1 aliphatic rings. The van der Waals surface area contributed by atoms with Gasteiger partial charge in [-0.3, -0.25) is 0 Å². The minimum absolute atomic E-state index is 0.201. The first-order chi connectivity index (χ1) is 12.3. The molecule has 0 bridgehead atoms. The van der Waals surface area contributed by atoms with Gasteiger partial charge in [0.1, 0.15) is 11.9 Å². The summed E-state index contributed by atoms with van der Waals surface area (Å²) < 4.78 is 29.8. The van der Waals surface area contributed by atoms with Gasteiger partial charge in [0.05, 0.1) is 16.6 Å². The first-order valence-electron chi connectivity index (χ1n) is 8.08. The highest BCUT2D eigenvalue weighted by molar-refractivity contribution is 7.90. The molecule has 0 saturated carbocycles. The topological polar surface area (TPSA) is 102 Å². The maximum absolute atomic E-state index is 11.8. The van der Waals surface area contributed by atoms with Gasteiger partial charge in [-0.05, 0) is 23.8 Å². The highest BCUT2D eigenvalue weighted by atomic mass is 32.2. The predicted molar refractivity (Wildman–Crippen MR) is 99.0 cm³/mol. The van der Waals surface area contributed by atoms with Crippen molar-refractivity contribution in [2.75, 3.05) is 25.2 Å². The summed E-state index contributed by atoms with van der Waals surface area (Å²) in [7, 11) is -1.73. The fraction of sp³-hybridized carbons (Fsp3) is 0.278. The van der Waals surface area contributed by atoms with E-state index in [-0.39, 0.29) is 17.0 Å². The lowest BCUT2D eigenvalue weighted by Gasteiger charge is -2.37. The molecule has 2 aromatic carbocycles. The van der Waals surface area contributed by atoms with Gasteiger partial charge >= 0.3 is 6.03 Å². The number of benzene rings is 2. The molecule has 3 N–H and O–H groups in total. The third-order valence-corrected chi connectivity index (χ3v) is 5.42. The third-order valence-electron chi connectivity index (χ3n) is 4.31. The van der Waals surface area contributed by atoms with Crippen molar-refractivity contribution in [3.8, 4) is 5.75 Å². The Bertz CT molecular complexity index is 915. The molecule has 0 fully saturated rings. The van der Waals surface area contributed by atoms with Gasteiger partial charge < -0.3 is 20.7 Å². The highest BCUT2D eigenvalue weighted by Crippen LogP contribution is 2.38. The molecule has 2 atom stereocenters. The number of nitrogens with zero attached hydrogens (tertiary/aromatic N) is 1. The fourth-order valence-electron chi connectivity index (χ4n) is 2.92. The number of carbonyl (C=O) groups is 1. The normalized spacial score (nSPS) is 19.0. The lowest BCUT2D eigenvalue weighted by molar-refractivity contribution is 0.150. The van der Waals surface area contributed by atoms with Crippen LogP contribution < -0.4 is 15.8 Å². The monoisotopic (exact) mass is 375 g/mol. The Balaban J connectivity index is 1.98. The summed E-state index contributed by atoms with van der Waals surface area (Å²) in [6, 6.07) is 13.5. The van der Waals surface area contributed by atoms with Gasteiger partial charge in [0.15, 0.2) is 9.84 Å². The quantitative estimate of drug-likeness (QED) is 0.851. The second-order valence-electron chi connectivity index (χ2n) is 6.35. The van der Waals surface area contributed by atoms with Gasteiger partial charge in [-0.15, -0.1) is 0 Å². The number of nitrogens with two attached hydrogens (primary N) is 1. The molecule has 0 aromatic heterocycles. The minimum Gasteiger partial charge on any atom is -0.481 e. The molecule has 2 unspecified atom stereocenters. The van der Waals surface area contributed by atoms with Crippen LogP contribution in [0, 0.1) is 0 Å². The Morgan fingerprint density at radius 2 is 1.92 bits per heavy atom. The second kappa shape index (κ2) is 6.87. The molecule has 7 nitrogen and oxygen atoms in total. The van der Waals surface area contributed by atoms with Crippen LogP contribution in [0.3, 0.4) is 0 Å². The third kappa shape index (κ3) is 3.75. The van der Waals surface area contributed by atoms with E-state index in [0.717, 1.165) is 11.8 Å². The van der Waals surface area contributed by atoms with E-state index < -0.39 is 15.9 Å². The molecule has 3 rings (SSSR count). The van der Waals surface area contributed by atoms with E-state index in [9.17, 15) is 13.2 Å². The van der Waals surface area contributed by atoms with E-state index in [2.05, 4.69) is 5.32 Å². The lowest BCUT2D eigenvalue weighted by atomic mass is 9.99. The van der Waals surface area contributed by atoms with Crippen molar-refractivity contribution >= 4 is 21.6 Å². The Morgan fingerprint density at radius 1 is 1.23 bits per heavy atom. The molecule has 8 heteroatoms. The van der Waals surface area contributed by atoms with E-state index in [1.165, 1.54) is 11.0 Å². The average Bonchev–Trinajstić information content (AvgIpc) is 2.60. The molecular weight excluding hydrogens is 354 g/mol. The van der Waals surface area contributed by atoms with Gasteiger partial charge in [-0.1, -0.05) is 30.3 Å². The van der Waals surface area contributed by atoms with Crippen LogP contribution >= 0.6 is 0 Å². The average molecular weight is 375 g/mol. The summed E-state index contributed by atoms with van der Waals surface area (Å²) in [6.07, 6.45) is 0.804. The maximum atomic E-state index is 11.8. The fourth-order valence-corrected chi connectivity index (χ4v) is 3.57. The van der Waals surface area contributed by atoms with Crippen molar-refractivity contribution in [3.63, 3.8) is 0 Å². The number of urea groups is 1. The van der Waals surface area contributed by atoms with E-state index in [1.807, 2.05) is 30.3 Å². The van der Waals surface area contributed by atoms with Crippen molar-refractivity contribution < 1.29 is 17.9 Å². The SMILES string of the molecule is CN(CC1Nc2cc(S(C)(=O)=O)ccc2OC1c1ccccc1)C(N)=O. The van der Waals surface area contributed by atoms with E-state index in [1.54, 1.807) is 19.2 Å². The van der Waals surface area contributed by atoms with Crippen molar-refractivity contribution in [2.24, 2.45) is 5.73 Å². The zero-order valence-corrected chi connectivity index (χ0v) is 15.4. The van der Waals surface area contributed by atoms with Crippen molar-refractivity contribution in [2.45, 2.75) is 17.0 Å². The Hall–Kier alpha value is -2.74. The molecule has 26 heavy (non-hydrogen) atoms. The number of hydrogen-bond donors (Lipinski definition) is 2. The number of hydrogen-bond acceptors (Lipinski definition) is 5. The Morgan fingerprint density at radius 3 is 2.54 bits per heavy atom. The van der Waals surface area contributed by atoms with Gasteiger partial charge in [-0.25, -0.2) is 13.2 Å². The predicted octanol–water partition coefficient (Wildman–Crippen LogP) is 2.01. The molecule has 0 radical (unpaired) electrons. The zero-order chi connectivity index (χ0) is 18.9. The second-order valence-corrected chi connectivity index (χ2v) is 8.36.